The highest BCUT2D eigenvalue weighted by molar-refractivity contribution is 7.92. The molecule has 1 fully saturated rings. The molecular weight excluding hydrogens is 345 g/mol. The molecule has 1 saturated heterocycles. The van der Waals surface area contributed by atoms with Crippen LogP contribution in [0.4, 0.5) is 4.39 Å². The van der Waals surface area contributed by atoms with E-state index in [1.165, 1.54) is 18.4 Å². The van der Waals surface area contributed by atoms with Crippen molar-refractivity contribution in [2.24, 2.45) is 0 Å². The van der Waals surface area contributed by atoms with Crippen molar-refractivity contribution in [3.63, 3.8) is 0 Å². The van der Waals surface area contributed by atoms with Crippen LogP contribution in [0.15, 0.2) is 52.0 Å². The molecule has 0 saturated carbocycles. The molecule has 3 rings (SSSR count). The van der Waals surface area contributed by atoms with Crippen LogP contribution in [0.3, 0.4) is 0 Å². The molecule has 0 aliphatic carbocycles. The third-order valence-electron chi connectivity index (χ3n) is 3.70. The maximum atomic E-state index is 13.7. The molecule has 1 aliphatic rings. The van der Waals surface area contributed by atoms with Crippen LogP contribution in [0, 0.1) is 5.82 Å². The summed E-state index contributed by atoms with van der Waals surface area (Å²) in [5.41, 5.74) is 0. The molecular formula is C14H14FNO5S2. The van der Waals surface area contributed by atoms with Crippen LogP contribution >= 0.6 is 0 Å². The number of furan rings is 1. The molecule has 9 heteroatoms. The van der Waals surface area contributed by atoms with Crippen molar-refractivity contribution in [2.45, 2.75) is 15.9 Å². The third-order valence-corrected chi connectivity index (χ3v) is 7.57. The first-order chi connectivity index (χ1) is 10.8. The van der Waals surface area contributed by atoms with E-state index in [2.05, 4.69) is 0 Å². The predicted octanol–water partition coefficient (Wildman–Crippen LogP) is 1.41. The van der Waals surface area contributed by atoms with Crippen LogP contribution in [0.5, 0.6) is 0 Å². The first-order valence-corrected chi connectivity index (χ1v) is 9.95. The van der Waals surface area contributed by atoms with Gasteiger partial charge in [0, 0.05) is 13.1 Å². The molecule has 6 nitrogen and oxygen atoms in total. The van der Waals surface area contributed by atoms with E-state index in [-0.39, 0.29) is 18.8 Å². The second-order valence-corrected chi connectivity index (χ2v) is 9.45. The van der Waals surface area contributed by atoms with E-state index in [1.54, 1.807) is 12.1 Å². The fourth-order valence-electron chi connectivity index (χ4n) is 2.33. The third kappa shape index (κ3) is 3.04. The maximum absolute atomic E-state index is 13.7. The van der Waals surface area contributed by atoms with Crippen LogP contribution in [0.1, 0.15) is 5.76 Å². The fraction of sp³-hybridized carbons (Fsp3) is 0.286. The minimum Gasteiger partial charge on any atom is -0.468 e. The van der Waals surface area contributed by atoms with Crippen molar-refractivity contribution in [3.05, 3.63) is 54.2 Å². The quantitative estimate of drug-likeness (QED) is 0.806. The van der Waals surface area contributed by atoms with Crippen molar-refractivity contribution in [3.8, 4) is 0 Å². The second kappa shape index (κ2) is 5.73. The number of sulfone groups is 1. The molecule has 0 spiro atoms. The van der Waals surface area contributed by atoms with E-state index in [1.807, 2.05) is 0 Å². The summed E-state index contributed by atoms with van der Waals surface area (Å²) >= 11 is 0. The Morgan fingerprint density at radius 2 is 1.78 bits per heavy atom. The van der Waals surface area contributed by atoms with E-state index < -0.39 is 35.8 Å². The Hall–Kier alpha value is -1.71. The lowest BCUT2D eigenvalue weighted by atomic mass is 10.3. The maximum Gasteiger partial charge on any atom is 0.246 e. The molecule has 23 heavy (non-hydrogen) atoms. The molecule has 0 N–H and O–H groups in total. The SMILES string of the molecule is O=S(=O)(Cc1ccco1)C1CN(S(=O)(=O)c2ccccc2F)C1. The van der Waals surface area contributed by atoms with Crippen LogP contribution in [0.2, 0.25) is 0 Å². The Kier molecular flexibility index (Phi) is 4.03. The van der Waals surface area contributed by atoms with Crippen LogP contribution in [0.25, 0.3) is 0 Å². The monoisotopic (exact) mass is 359 g/mol. The van der Waals surface area contributed by atoms with Crippen molar-refractivity contribution < 1.29 is 25.6 Å². The number of hydrogen-bond acceptors (Lipinski definition) is 5. The van der Waals surface area contributed by atoms with E-state index in [4.69, 9.17) is 4.42 Å². The van der Waals surface area contributed by atoms with E-state index in [0.29, 0.717) is 5.76 Å². The highest BCUT2D eigenvalue weighted by Crippen LogP contribution is 2.28. The summed E-state index contributed by atoms with van der Waals surface area (Å²) in [6.45, 7) is -0.362. The first-order valence-electron chi connectivity index (χ1n) is 6.79. The number of sulfonamides is 1. The van der Waals surface area contributed by atoms with Crippen molar-refractivity contribution >= 4 is 19.9 Å². The molecule has 0 unspecified atom stereocenters. The Morgan fingerprint density at radius 1 is 1.09 bits per heavy atom. The number of rotatable bonds is 5. The molecule has 0 atom stereocenters. The molecule has 124 valence electrons. The van der Waals surface area contributed by atoms with E-state index in [9.17, 15) is 21.2 Å². The lowest BCUT2D eigenvalue weighted by Gasteiger charge is -2.37. The number of benzene rings is 1. The van der Waals surface area contributed by atoms with Gasteiger partial charge < -0.3 is 4.42 Å². The Balaban J connectivity index is 1.72. The zero-order chi connectivity index (χ0) is 16.7. The van der Waals surface area contributed by atoms with Gasteiger partial charge in [0.2, 0.25) is 10.0 Å². The standard InChI is InChI=1S/C14H14FNO5S2/c15-13-5-1-2-6-14(13)23(19,20)16-8-12(9-16)22(17,18)10-11-4-3-7-21-11/h1-7,12H,8-10H2. The number of nitrogens with zero attached hydrogens (tertiary/aromatic N) is 1. The highest BCUT2D eigenvalue weighted by atomic mass is 32.2. The van der Waals surface area contributed by atoms with Crippen LogP contribution in [-0.2, 0) is 25.6 Å². The van der Waals surface area contributed by atoms with Gasteiger partial charge in [0.15, 0.2) is 9.84 Å². The summed E-state index contributed by atoms with van der Waals surface area (Å²) in [6.07, 6.45) is 1.38. The average Bonchev–Trinajstić information content (AvgIpc) is 2.88. The molecule has 0 bridgehead atoms. The van der Waals surface area contributed by atoms with Crippen LogP contribution in [-0.4, -0.2) is 39.5 Å². The fourth-order valence-corrected chi connectivity index (χ4v) is 5.72. The molecule has 2 heterocycles. The molecule has 1 aliphatic heterocycles. The lowest BCUT2D eigenvalue weighted by Crippen LogP contribution is -2.57. The van der Waals surface area contributed by atoms with Crippen molar-refractivity contribution in [1.82, 2.24) is 4.31 Å². The van der Waals surface area contributed by atoms with Gasteiger partial charge in [0.25, 0.3) is 0 Å². The summed E-state index contributed by atoms with van der Waals surface area (Å²) < 4.78 is 68.6. The van der Waals surface area contributed by atoms with Gasteiger partial charge >= 0.3 is 0 Å². The summed E-state index contributed by atoms with van der Waals surface area (Å²) in [5.74, 6) is -0.826. The van der Waals surface area contributed by atoms with Gasteiger partial charge in [-0.3, -0.25) is 0 Å². The Morgan fingerprint density at radius 3 is 2.39 bits per heavy atom. The molecule has 0 amide bonds. The van der Waals surface area contributed by atoms with Gasteiger partial charge in [0.05, 0.1) is 11.5 Å². The van der Waals surface area contributed by atoms with Gasteiger partial charge in [-0.05, 0) is 24.3 Å². The topological polar surface area (TPSA) is 84.7 Å². The average molecular weight is 359 g/mol. The van der Waals surface area contributed by atoms with Crippen molar-refractivity contribution in [1.29, 1.82) is 0 Å². The van der Waals surface area contributed by atoms with E-state index >= 15 is 0 Å². The lowest BCUT2D eigenvalue weighted by molar-refractivity contribution is 0.308. The normalized spacial score (nSPS) is 17.1. The zero-order valence-electron chi connectivity index (χ0n) is 11.9. The molecule has 1 aromatic carbocycles. The van der Waals surface area contributed by atoms with E-state index in [0.717, 1.165) is 16.4 Å². The summed E-state index contributed by atoms with van der Waals surface area (Å²) in [5, 5.41) is -0.811. The van der Waals surface area contributed by atoms with Gasteiger partial charge in [-0.25, -0.2) is 21.2 Å². The van der Waals surface area contributed by atoms with Crippen molar-refractivity contribution in [2.75, 3.05) is 13.1 Å². The van der Waals surface area contributed by atoms with Gasteiger partial charge in [0.1, 0.15) is 22.2 Å². The van der Waals surface area contributed by atoms with Gasteiger partial charge in [-0.15, -0.1) is 0 Å². The first kappa shape index (κ1) is 16.2. The minimum atomic E-state index is -4.02. The minimum absolute atomic E-state index is 0.181. The largest absolute Gasteiger partial charge is 0.468 e. The molecule has 0 radical (unpaired) electrons. The molecule has 1 aromatic heterocycles. The number of hydrogen-bond donors (Lipinski definition) is 0. The predicted molar refractivity (Wildman–Crippen MR) is 80.3 cm³/mol. The number of halogens is 1. The Labute approximate surface area is 133 Å². The molecule has 2 aromatic rings. The summed E-state index contributed by atoms with van der Waals surface area (Å²) in [6, 6.07) is 8.15. The zero-order valence-corrected chi connectivity index (χ0v) is 13.6. The second-order valence-electron chi connectivity index (χ2n) is 5.26. The Bertz CT molecular complexity index is 900. The van der Waals surface area contributed by atoms with Gasteiger partial charge in [-0.2, -0.15) is 4.31 Å². The smallest absolute Gasteiger partial charge is 0.246 e. The van der Waals surface area contributed by atoms with Crippen LogP contribution < -0.4 is 0 Å². The summed E-state index contributed by atoms with van der Waals surface area (Å²) in [7, 11) is -7.54. The highest BCUT2D eigenvalue weighted by Gasteiger charge is 2.44. The van der Waals surface area contributed by atoms with Gasteiger partial charge in [-0.1, -0.05) is 12.1 Å². The summed E-state index contributed by atoms with van der Waals surface area (Å²) in [4.78, 5) is -0.443.